The summed E-state index contributed by atoms with van der Waals surface area (Å²) < 4.78 is 0. The lowest BCUT2D eigenvalue weighted by Crippen LogP contribution is -2.29. The second-order valence-electron chi connectivity index (χ2n) is 4.19. The number of nitrogens with two attached hydrogens (primary N) is 1. The first-order chi connectivity index (χ1) is 7.31. The molecule has 1 atom stereocenters. The molecule has 3 nitrogen and oxygen atoms in total. The first-order valence-electron chi connectivity index (χ1n) is 5.70. The highest BCUT2D eigenvalue weighted by atomic mass is 32.1. The van der Waals surface area contributed by atoms with Crippen LogP contribution in [0.4, 0.5) is 5.13 Å². The summed E-state index contributed by atoms with van der Waals surface area (Å²) in [7, 11) is 0. The van der Waals surface area contributed by atoms with Crippen molar-refractivity contribution in [3.8, 4) is 0 Å². The summed E-state index contributed by atoms with van der Waals surface area (Å²) >= 11 is 1.77. The highest BCUT2D eigenvalue weighted by molar-refractivity contribution is 7.13. The average molecular weight is 225 g/mol. The molecular formula is C11H19N3S. The Balaban J connectivity index is 2.01. The van der Waals surface area contributed by atoms with E-state index in [1.165, 1.54) is 30.9 Å². The van der Waals surface area contributed by atoms with Crippen molar-refractivity contribution in [2.45, 2.75) is 38.6 Å². The maximum absolute atomic E-state index is 5.56. The van der Waals surface area contributed by atoms with Gasteiger partial charge in [-0.15, -0.1) is 11.3 Å². The van der Waals surface area contributed by atoms with Crippen molar-refractivity contribution in [2.75, 3.05) is 18.0 Å². The summed E-state index contributed by atoms with van der Waals surface area (Å²) in [4.78, 5) is 7.03. The van der Waals surface area contributed by atoms with Crippen LogP contribution in [0, 0.1) is 6.92 Å². The molecule has 1 fully saturated rings. The van der Waals surface area contributed by atoms with Gasteiger partial charge in [0.2, 0.25) is 0 Å². The van der Waals surface area contributed by atoms with E-state index in [2.05, 4.69) is 22.2 Å². The predicted octanol–water partition coefficient (Wildman–Crippen LogP) is 2.16. The zero-order chi connectivity index (χ0) is 10.7. The van der Waals surface area contributed by atoms with Gasteiger partial charge in [0, 0.05) is 18.0 Å². The van der Waals surface area contributed by atoms with E-state index in [1.807, 2.05) is 0 Å². The van der Waals surface area contributed by atoms with Crippen molar-refractivity contribution in [3.05, 3.63) is 11.1 Å². The molecule has 0 amide bonds. The molecule has 1 aliphatic heterocycles. The average Bonchev–Trinajstić information content (AvgIpc) is 2.82. The third kappa shape index (κ3) is 2.49. The largest absolute Gasteiger partial charge is 0.345 e. The number of rotatable bonds is 4. The van der Waals surface area contributed by atoms with Crippen LogP contribution in [0.3, 0.4) is 0 Å². The summed E-state index contributed by atoms with van der Waals surface area (Å²) in [5.41, 5.74) is 6.70. The normalized spacial score (nSPS) is 21.2. The zero-order valence-electron chi connectivity index (χ0n) is 9.28. The molecule has 0 aromatic carbocycles. The minimum atomic E-state index is 0.680. The van der Waals surface area contributed by atoms with E-state index in [-0.39, 0.29) is 0 Å². The lowest BCUT2D eigenvalue weighted by molar-refractivity contribution is 0.584. The Kier molecular flexibility index (Phi) is 3.59. The van der Waals surface area contributed by atoms with Crippen LogP contribution in [-0.4, -0.2) is 24.1 Å². The van der Waals surface area contributed by atoms with E-state index in [0.717, 1.165) is 18.7 Å². The second-order valence-corrected chi connectivity index (χ2v) is 5.03. The van der Waals surface area contributed by atoms with Crippen molar-refractivity contribution >= 4 is 16.5 Å². The molecule has 1 aromatic heterocycles. The molecule has 15 heavy (non-hydrogen) atoms. The molecule has 0 bridgehead atoms. The van der Waals surface area contributed by atoms with Crippen LogP contribution in [-0.2, 0) is 0 Å². The maximum Gasteiger partial charge on any atom is 0.185 e. The highest BCUT2D eigenvalue weighted by Crippen LogP contribution is 2.30. The predicted molar refractivity (Wildman–Crippen MR) is 65.5 cm³/mol. The Hall–Kier alpha value is -0.610. The summed E-state index contributed by atoms with van der Waals surface area (Å²) in [5, 5.41) is 3.33. The minimum absolute atomic E-state index is 0.680. The lowest BCUT2D eigenvalue weighted by atomic mass is 10.1. The van der Waals surface area contributed by atoms with Gasteiger partial charge in [0.15, 0.2) is 5.13 Å². The topological polar surface area (TPSA) is 42.1 Å². The SMILES string of the molecule is Cc1csc(N2CCCC2CCCN)n1. The van der Waals surface area contributed by atoms with Crippen LogP contribution in [0.25, 0.3) is 0 Å². The van der Waals surface area contributed by atoms with Crippen LogP contribution in [0.5, 0.6) is 0 Å². The fraction of sp³-hybridized carbons (Fsp3) is 0.727. The van der Waals surface area contributed by atoms with E-state index in [1.54, 1.807) is 11.3 Å². The van der Waals surface area contributed by atoms with Crippen LogP contribution in [0.1, 0.15) is 31.4 Å². The van der Waals surface area contributed by atoms with Gasteiger partial charge in [-0.3, -0.25) is 0 Å². The molecule has 0 spiro atoms. The quantitative estimate of drug-likeness (QED) is 0.854. The molecule has 4 heteroatoms. The monoisotopic (exact) mass is 225 g/mol. The third-order valence-electron chi connectivity index (χ3n) is 2.97. The lowest BCUT2D eigenvalue weighted by Gasteiger charge is -2.23. The van der Waals surface area contributed by atoms with E-state index in [9.17, 15) is 0 Å². The summed E-state index contributed by atoms with van der Waals surface area (Å²) in [5.74, 6) is 0. The molecule has 2 rings (SSSR count). The van der Waals surface area contributed by atoms with Crippen molar-refractivity contribution in [3.63, 3.8) is 0 Å². The Morgan fingerprint density at radius 1 is 1.67 bits per heavy atom. The molecule has 0 saturated carbocycles. The molecule has 1 aliphatic rings. The zero-order valence-corrected chi connectivity index (χ0v) is 10.1. The van der Waals surface area contributed by atoms with Gasteiger partial charge in [0.1, 0.15) is 0 Å². The number of aromatic nitrogens is 1. The Morgan fingerprint density at radius 2 is 2.53 bits per heavy atom. The standard InChI is InChI=1S/C11H19N3S/c1-9-8-15-11(13-9)14-7-3-5-10(14)4-2-6-12/h8,10H,2-7,12H2,1H3. The van der Waals surface area contributed by atoms with E-state index in [0.29, 0.717) is 6.04 Å². The first kappa shape index (κ1) is 10.9. The van der Waals surface area contributed by atoms with Gasteiger partial charge in [0.05, 0.1) is 5.69 Å². The van der Waals surface area contributed by atoms with Gasteiger partial charge in [-0.1, -0.05) is 0 Å². The van der Waals surface area contributed by atoms with Crippen molar-refractivity contribution in [2.24, 2.45) is 5.73 Å². The van der Waals surface area contributed by atoms with Crippen molar-refractivity contribution < 1.29 is 0 Å². The van der Waals surface area contributed by atoms with Gasteiger partial charge in [-0.2, -0.15) is 0 Å². The maximum atomic E-state index is 5.56. The number of anilines is 1. The smallest absolute Gasteiger partial charge is 0.185 e. The Bertz CT molecular complexity index is 311. The van der Waals surface area contributed by atoms with Crippen LogP contribution >= 0.6 is 11.3 Å². The summed E-state index contributed by atoms with van der Waals surface area (Å²) in [6.07, 6.45) is 4.95. The molecule has 1 saturated heterocycles. The molecule has 2 N–H and O–H groups in total. The molecule has 0 aliphatic carbocycles. The first-order valence-corrected chi connectivity index (χ1v) is 6.58. The van der Waals surface area contributed by atoms with Crippen molar-refractivity contribution in [1.29, 1.82) is 0 Å². The molecular weight excluding hydrogens is 206 g/mol. The van der Waals surface area contributed by atoms with Crippen molar-refractivity contribution in [1.82, 2.24) is 4.98 Å². The molecule has 84 valence electrons. The molecule has 0 radical (unpaired) electrons. The highest BCUT2D eigenvalue weighted by Gasteiger charge is 2.25. The third-order valence-corrected chi connectivity index (χ3v) is 3.97. The Labute approximate surface area is 95.3 Å². The fourth-order valence-corrected chi connectivity index (χ4v) is 3.12. The number of nitrogens with zero attached hydrogens (tertiary/aromatic N) is 2. The van der Waals surface area contributed by atoms with E-state index >= 15 is 0 Å². The minimum Gasteiger partial charge on any atom is -0.345 e. The van der Waals surface area contributed by atoms with Gasteiger partial charge in [-0.25, -0.2) is 4.98 Å². The summed E-state index contributed by atoms with van der Waals surface area (Å²) in [6, 6.07) is 0.680. The fourth-order valence-electron chi connectivity index (χ4n) is 2.21. The number of thiazole rings is 1. The number of hydrogen-bond acceptors (Lipinski definition) is 4. The summed E-state index contributed by atoms with van der Waals surface area (Å²) in [6.45, 7) is 4.04. The van der Waals surface area contributed by atoms with Crippen LogP contribution in [0.2, 0.25) is 0 Å². The molecule has 1 aromatic rings. The van der Waals surface area contributed by atoms with Crippen LogP contribution in [0.15, 0.2) is 5.38 Å². The van der Waals surface area contributed by atoms with Crippen LogP contribution < -0.4 is 10.6 Å². The Morgan fingerprint density at radius 3 is 3.20 bits per heavy atom. The molecule has 2 heterocycles. The second kappa shape index (κ2) is 4.94. The van der Waals surface area contributed by atoms with Gasteiger partial charge < -0.3 is 10.6 Å². The van der Waals surface area contributed by atoms with E-state index in [4.69, 9.17) is 5.73 Å². The van der Waals surface area contributed by atoms with E-state index < -0.39 is 0 Å². The van der Waals surface area contributed by atoms with Gasteiger partial charge in [0.25, 0.3) is 0 Å². The number of aryl methyl sites for hydroxylation is 1. The van der Waals surface area contributed by atoms with Gasteiger partial charge >= 0.3 is 0 Å². The molecule has 1 unspecified atom stereocenters. The van der Waals surface area contributed by atoms with Gasteiger partial charge in [-0.05, 0) is 39.2 Å². The number of hydrogen-bond donors (Lipinski definition) is 1.